The molecule has 2 aromatic rings. The van der Waals surface area contributed by atoms with Gasteiger partial charge in [-0.3, -0.25) is 9.59 Å². The third-order valence-electron chi connectivity index (χ3n) is 3.82. The highest BCUT2D eigenvalue weighted by Crippen LogP contribution is 2.40. The summed E-state index contributed by atoms with van der Waals surface area (Å²) >= 11 is 1.13. The number of hydrogen-bond acceptors (Lipinski definition) is 7. The van der Waals surface area contributed by atoms with Crippen LogP contribution < -0.4 is 9.47 Å². The van der Waals surface area contributed by atoms with E-state index in [0.29, 0.717) is 16.0 Å². The van der Waals surface area contributed by atoms with Crippen molar-refractivity contribution in [2.24, 2.45) is 5.92 Å². The van der Waals surface area contributed by atoms with Crippen molar-refractivity contribution < 1.29 is 33.3 Å². The molecular formula is C18H21FO6S. The van der Waals surface area contributed by atoms with Gasteiger partial charge in [-0.05, 0) is 6.07 Å². The van der Waals surface area contributed by atoms with Crippen molar-refractivity contribution >= 4 is 33.2 Å². The molecular weight excluding hydrogens is 363 g/mol. The predicted molar refractivity (Wildman–Crippen MR) is 95.7 cm³/mol. The second kappa shape index (κ2) is 8.95. The van der Waals surface area contributed by atoms with Crippen molar-refractivity contribution in [1.29, 1.82) is 0 Å². The molecule has 0 saturated carbocycles. The van der Waals surface area contributed by atoms with Crippen LogP contribution in [0.5, 0.6) is 11.5 Å². The molecule has 2 rings (SSSR count). The first-order chi connectivity index (χ1) is 12.4. The Hall–Kier alpha value is -2.19. The van der Waals surface area contributed by atoms with Crippen LogP contribution in [0.1, 0.15) is 29.4 Å². The second-order valence-electron chi connectivity index (χ2n) is 5.72. The third kappa shape index (κ3) is 4.31. The molecule has 1 atom stereocenters. The van der Waals surface area contributed by atoms with E-state index in [1.807, 2.05) is 0 Å². The molecule has 0 radical (unpaired) electrons. The molecule has 0 aliphatic heterocycles. The summed E-state index contributed by atoms with van der Waals surface area (Å²) in [6.45, 7) is 1.68. The maximum absolute atomic E-state index is 14.8. The minimum absolute atomic E-state index is 0.0158. The van der Waals surface area contributed by atoms with Crippen molar-refractivity contribution in [2.45, 2.75) is 19.8 Å². The van der Waals surface area contributed by atoms with Crippen molar-refractivity contribution in [3.8, 4) is 11.5 Å². The van der Waals surface area contributed by atoms with E-state index in [0.717, 1.165) is 11.3 Å². The maximum atomic E-state index is 14.8. The summed E-state index contributed by atoms with van der Waals surface area (Å²) in [7, 11) is 2.67. The van der Waals surface area contributed by atoms with Gasteiger partial charge in [-0.15, -0.1) is 11.3 Å². The monoisotopic (exact) mass is 384 g/mol. The first-order valence-corrected chi connectivity index (χ1v) is 8.89. The summed E-state index contributed by atoms with van der Waals surface area (Å²) < 4.78 is 30.5. The number of aliphatic hydroxyl groups excluding tert-OH is 1. The van der Waals surface area contributed by atoms with E-state index in [1.165, 1.54) is 20.3 Å². The Bertz CT molecular complexity index is 801. The summed E-state index contributed by atoms with van der Waals surface area (Å²) in [6, 6.07) is 3.07. The van der Waals surface area contributed by atoms with Crippen LogP contribution in [0, 0.1) is 11.7 Å². The van der Waals surface area contributed by atoms with E-state index in [2.05, 4.69) is 4.74 Å². The number of carbonyl (C=O) groups excluding carboxylic acids is 2. The first-order valence-electron chi connectivity index (χ1n) is 8.07. The number of Topliss-reactive ketones (excluding diaryl/α,β-unsaturated/α-hetero) is 1. The summed E-state index contributed by atoms with van der Waals surface area (Å²) in [4.78, 5) is 24.2. The predicted octanol–water partition coefficient (Wildman–Crippen LogP) is 3.19. The van der Waals surface area contributed by atoms with Crippen LogP contribution in [0.25, 0.3) is 10.1 Å². The van der Waals surface area contributed by atoms with Gasteiger partial charge >= 0.3 is 5.97 Å². The summed E-state index contributed by atoms with van der Waals surface area (Å²) in [5.41, 5.74) is 0. The van der Waals surface area contributed by atoms with E-state index < -0.39 is 17.7 Å². The van der Waals surface area contributed by atoms with Gasteiger partial charge in [0.1, 0.15) is 0 Å². The van der Waals surface area contributed by atoms with Gasteiger partial charge in [-0.1, -0.05) is 6.92 Å². The molecule has 0 aliphatic rings. The lowest BCUT2D eigenvalue weighted by Crippen LogP contribution is -2.16. The molecule has 0 aliphatic carbocycles. The summed E-state index contributed by atoms with van der Waals surface area (Å²) in [6.07, 6.45) is 0.345. The Morgan fingerprint density at radius 3 is 2.65 bits per heavy atom. The van der Waals surface area contributed by atoms with Gasteiger partial charge in [0, 0.05) is 35.6 Å². The van der Waals surface area contributed by atoms with E-state index >= 15 is 0 Å². The molecule has 1 heterocycles. The highest BCUT2D eigenvalue weighted by atomic mass is 32.1. The lowest BCUT2D eigenvalue weighted by Gasteiger charge is -2.11. The van der Waals surface area contributed by atoms with Crippen LogP contribution in [-0.2, 0) is 9.53 Å². The number of hydrogen-bond donors (Lipinski definition) is 1. The van der Waals surface area contributed by atoms with Crippen molar-refractivity contribution in [1.82, 2.24) is 0 Å². The average molecular weight is 384 g/mol. The number of esters is 1. The average Bonchev–Trinajstić information content (AvgIpc) is 3.07. The molecule has 1 aromatic carbocycles. The standard InChI is InChI=1S/C18H21FO6S/c1-10(18(22)24-3)7-12(21)15-8-11-14(26-15)9-13(23-2)17(16(11)19)25-6-4-5-20/h8-10,20H,4-7H2,1-3H3/t10-/m0/s1. The Balaban J connectivity index is 2.33. The van der Waals surface area contributed by atoms with Crippen LogP contribution in [-0.4, -0.2) is 44.3 Å². The van der Waals surface area contributed by atoms with Gasteiger partial charge in [-0.2, -0.15) is 0 Å². The van der Waals surface area contributed by atoms with E-state index in [-0.39, 0.29) is 42.3 Å². The van der Waals surface area contributed by atoms with Gasteiger partial charge in [0.05, 0.1) is 31.6 Å². The zero-order valence-electron chi connectivity index (χ0n) is 14.8. The topological polar surface area (TPSA) is 82.1 Å². The molecule has 0 bridgehead atoms. The molecule has 142 valence electrons. The molecule has 1 N–H and O–H groups in total. The lowest BCUT2D eigenvalue weighted by atomic mass is 10.0. The Morgan fingerprint density at radius 2 is 2.04 bits per heavy atom. The molecule has 0 spiro atoms. The molecule has 26 heavy (non-hydrogen) atoms. The Labute approximate surface area is 154 Å². The van der Waals surface area contributed by atoms with Gasteiger partial charge in [0.2, 0.25) is 0 Å². The quantitative estimate of drug-likeness (QED) is 0.406. The normalized spacial score (nSPS) is 12.0. The molecule has 0 saturated heterocycles. The van der Waals surface area contributed by atoms with Gasteiger partial charge in [0.25, 0.3) is 0 Å². The largest absolute Gasteiger partial charge is 0.493 e. The first kappa shape index (κ1) is 20.1. The zero-order chi connectivity index (χ0) is 19.3. The highest BCUT2D eigenvalue weighted by Gasteiger charge is 2.23. The van der Waals surface area contributed by atoms with Crippen LogP contribution in [0.4, 0.5) is 4.39 Å². The fraction of sp³-hybridized carbons (Fsp3) is 0.444. The zero-order valence-corrected chi connectivity index (χ0v) is 15.7. The number of rotatable bonds is 9. The second-order valence-corrected chi connectivity index (χ2v) is 6.81. The van der Waals surface area contributed by atoms with Gasteiger partial charge < -0.3 is 19.3 Å². The number of thiophene rings is 1. The Kier molecular flexibility index (Phi) is 6.93. The van der Waals surface area contributed by atoms with Crippen molar-refractivity contribution in [3.63, 3.8) is 0 Å². The summed E-state index contributed by atoms with van der Waals surface area (Å²) in [5.74, 6) is -1.75. The number of halogens is 1. The number of ether oxygens (including phenoxy) is 3. The number of ketones is 1. The molecule has 1 aromatic heterocycles. The van der Waals surface area contributed by atoms with Crippen LogP contribution >= 0.6 is 11.3 Å². The molecule has 8 heteroatoms. The SMILES string of the molecule is COC(=O)[C@@H](C)CC(=O)c1cc2c(F)c(OCCCO)c(OC)cc2s1. The molecule has 0 unspecified atom stereocenters. The van der Waals surface area contributed by atoms with Gasteiger partial charge in [-0.25, -0.2) is 4.39 Å². The third-order valence-corrected chi connectivity index (χ3v) is 4.94. The van der Waals surface area contributed by atoms with Gasteiger partial charge in [0.15, 0.2) is 23.1 Å². The van der Waals surface area contributed by atoms with Crippen molar-refractivity contribution in [2.75, 3.05) is 27.4 Å². The number of fused-ring (bicyclic) bond motifs is 1. The number of carbonyl (C=O) groups is 2. The van der Waals surface area contributed by atoms with E-state index in [4.69, 9.17) is 14.6 Å². The van der Waals surface area contributed by atoms with Crippen LogP contribution in [0.2, 0.25) is 0 Å². The minimum atomic E-state index is -0.617. The van der Waals surface area contributed by atoms with Crippen molar-refractivity contribution in [3.05, 3.63) is 22.8 Å². The lowest BCUT2D eigenvalue weighted by molar-refractivity contribution is -0.144. The molecule has 0 amide bonds. The number of benzene rings is 1. The summed E-state index contributed by atoms with van der Waals surface area (Å²) in [5, 5.41) is 9.08. The van der Waals surface area contributed by atoms with Crippen LogP contribution in [0.15, 0.2) is 12.1 Å². The maximum Gasteiger partial charge on any atom is 0.308 e. The van der Waals surface area contributed by atoms with Crippen LogP contribution in [0.3, 0.4) is 0 Å². The van der Waals surface area contributed by atoms with E-state index in [9.17, 15) is 14.0 Å². The number of aliphatic hydroxyl groups is 1. The molecule has 6 nitrogen and oxygen atoms in total. The van der Waals surface area contributed by atoms with E-state index in [1.54, 1.807) is 13.0 Å². The Morgan fingerprint density at radius 1 is 1.31 bits per heavy atom. The smallest absolute Gasteiger partial charge is 0.308 e. The fourth-order valence-electron chi connectivity index (χ4n) is 2.42. The number of methoxy groups -OCH3 is 2. The molecule has 0 fully saturated rings. The fourth-order valence-corrected chi connectivity index (χ4v) is 3.46. The minimum Gasteiger partial charge on any atom is -0.493 e. The highest BCUT2D eigenvalue weighted by molar-refractivity contribution is 7.20.